The first kappa shape index (κ1) is 9.29. The zero-order valence-corrected chi connectivity index (χ0v) is 7.85. The van der Waals surface area contributed by atoms with E-state index in [-0.39, 0.29) is 5.12 Å². The normalized spacial score (nSPS) is 12.6. The molecule has 64 valence electrons. The fourth-order valence-corrected chi connectivity index (χ4v) is 1.32. The van der Waals surface area contributed by atoms with E-state index < -0.39 is 11.2 Å². The number of hydrogen-bond acceptors (Lipinski definition) is 2. The topological polar surface area (TPSA) is 40.1 Å². The maximum absolute atomic E-state index is 11.2. The highest BCUT2D eigenvalue weighted by Gasteiger charge is 2.14. The Hall–Kier alpha value is -0.800. The van der Waals surface area contributed by atoms with Crippen molar-refractivity contribution in [3.05, 3.63) is 35.4 Å². The van der Waals surface area contributed by atoms with Crippen molar-refractivity contribution in [3.8, 4) is 0 Å². The molecule has 1 aromatic carbocycles. The molecule has 0 aliphatic heterocycles. The van der Waals surface area contributed by atoms with Gasteiger partial charge in [-0.25, -0.2) is 4.79 Å². The summed E-state index contributed by atoms with van der Waals surface area (Å²) in [6, 6.07) is 7.05. The number of benzene rings is 1. The smallest absolute Gasteiger partial charge is 0.359 e. The average molecular weight is 182 g/mol. The van der Waals surface area contributed by atoms with Crippen LogP contribution in [0.3, 0.4) is 0 Å². The van der Waals surface area contributed by atoms with Crippen molar-refractivity contribution in [2.45, 2.75) is 6.92 Å². The summed E-state index contributed by atoms with van der Waals surface area (Å²) < 4.78 is 10.8. The predicted octanol–water partition coefficient (Wildman–Crippen LogP) is 1.51. The molecule has 0 N–H and O–H groups in total. The molecule has 12 heavy (non-hydrogen) atoms. The van der Waals surface area contributed by atoms with Gasteiger partial charge in [-0.3, -0.25) is 0 Å². The van der Waals surface area contributed by atoms with Crippen LogP contribution < -0.4 is 0 Å². The lowest BCUT2D eigenvalue weighted by Gasteiger charge is -2.01. The Bertz CT molecular complexity index is 277. The van der Waals surface area contributed by atoms with Gasteiger partial charge in [-0.1, -0.05) is 17.7 Å². The summed E-state index contributed by atoms with van der Waals surface area (Å²) in [7, 11) is 0. The van der Waals surface area contributed by atoms with Crippen molar-refractivity contribution in [3.63, 3.8) is 0 Å². The maximum atomic E-state index is 11.2. The fourth-order valence-electron chi connectivity index (χ4n) is 0.856. The second-order valence-corrected chi connectivity index (χ2v) is 3.89. The van der Waals surface area contributed by atoms with E-state index in [1.165, 1.54) is 6.26 Å². The minimum atomic E-state index is -1.41. The molecular formula is C9H10O2S. The standard InChI is InChI=1S/C9H10O2S/c1-7-3-5-8(6-4-7)9(10)12(2)11/h3-6H,1-2H3. The Balaban J connectivity index is 2.90. The van der Waals surface area contributed by atoms with Gasteiger partial charge in [0.1, 0.15) is 6.26 Å². The number of carbonyl (C=O) groups is 1. The first-order chi connectivity index (χ1) is 5.61. The third kappa shape index (κ3) is 2.09. The Morgan fingerprint density at radius 3 is 2.25 bits per heavy atom. The molecule has 1 unspecified atom stereocenters. The van der Waals surface area contributed by atoms with Crippen LogP contribution in [0.2, 0.25) is 0 Å². The van der Waals surface area contributed by atoms with Crippen molar-refractivity contribution in [1.29, 1.82) is 0 Å². The van der Waals surface area contributed by atoms with Crippen LogP contribution in [0.5, 0.6) is 0 Å². The molecule has 0 saturated carbocycles. The van der Waals surface area contributed by atoms with Gasteiger partial charge in [0.2, 0.25) is 0 Å². The lowest BCUT2D eigenvalue weighted by Crippen LogP contribution is -2.12. The van der Waals surface area contributed by atoms with Crippen LogP contribution in [-0.2, 0) is 11.2 Å². The zero-order valence-electron chi connectivity index (χ0n) is 7.03. The largest absolute Gasteiger partial charge is 0.609 e. The van der Waals surface area contributed by atoms with Gasteiger partial charge in [-0.05, 0) is 19.1 Å². The van der Waals surface area contributed by atoms with Crippen LogP contribution in [0.15, 0.2) is 24.3 Å². The highest BCUT2D eigenvalue weighted by Crippen LogP contribution is 2.06. The Kier molecular flexibility index (Phi) is 2.89. The second kappa shape index (κ2) is 3.74. The lowest BCUT2D eigenvalue weighted by atomic mass is 10.2. The summed E-state index contributed by atoms with van der Waals surface area (Å²) in [5.74, 6) is 0. The minimum Gasteiger partial charge on any atom is -0.609 e. The summed E-state index contributed by atoms with van der Waals surface area (Å²) >= 11 is -1.41. The molecule has 0 aliphatic carbocycles. The Morgan fingerprint density at radius 2 is 1.83 bits per heavy atom. The SMILES string of the molecule is Cc1ccc(C(=O)[S+](C)[O-])cc1. The molecule has 1 aromatic rings. The molecule has 0 bridgehead atoms. The number of hydrogen-bond donors (Lipinski definition) is 0. The van der Waals surface area contributed by atoms with Crippen LogP contribution in [-0.4, -0.2) is 15.9 Å². The van der Waals surface area contributed by atoms with E-state index in [0.717, 1.165) is 5.56 Å². The molecular weight excluding hydrogens is 172 g/mol. The third-order valence-corrected chi connectivity index (χ3v) is 2.31. The Labute approximate surface area is 74.8 Å². The molecule has 0 aromatic heterocycles. The first-order valence-corrected chi connectivity index (χ1v) is 5.11. The van der Waals surface area contributed by atoms with E-state index >= 15 is 0 Å². The van der Waals surface area contributed by atoms with E-state index in [0.29, 0.717) is 5.56 Å². The van der Waals surface area contributed by atoms with Gasteiger partial charge in [-0.2, -0.15) is 0 Å². The molecule has 0 spiro atoms. The summed E-state index contributed by atoms with van der Waals surface area (Å²) in [4.78, 5) is 11.2. The van der Waals surface area contributed by atoms with Crippen molar-refractivity contribution >= 4 is 16.3 Å². The van der Waals surface area contributed by atoms with E-state index in [4.69, 9.17) is 0 Å². The van der Waals surface area contributed by atoms with Crippen molar-refractivity contribution in [2.24, 2.45) is 0 Å². The molecule has 0 amide bonds. The molecule has 0 fully saturated rings. The minimum absolute atomic E-state index is 0.310. The number of rotatable bonds is 1. The van der Waals surface area contributed by atoms with Gasteiger partial charge in [0, 0.05) is 11.2 Å². The van der Waals surface area contributed by atoms with Gasteiger partial charge in [0.05, 0.1) is 5.56 Å². The van der Waals surface area contributed by atoms with Crippen LogP contribution >= 0.6 is 0 Å². The summed E-state index contributed by atoms with van der Waals surface area (Å²) in [5, 5.41) is -0.310. The average Bonchev–Trinajstić information content (AvgIpc) is 2.04. The molecule has 0 radical (unpaired) electrons. The van der Waals surface area contributed by atoms with Gasteiger partial charge in [0.15, 0.2) is 0 Å². The summed E-state index contributed by atoms with van der Waals surface area (Å²) in [5.41, 5.74) is 1.61. The third-order valence-electron chi connectivity index (χ3n) is 1.55. The molecule has 1 atom stereocenters. The molecule has 3 heteroatoms. The van der Waals surface area contributed by atoms with Gasteiger partial charge in [-0.15, -0.1) is 0 Å². The molecule has 2 nitrogen and oxygen atoms in total. The summed E-state index contributed by atoms with van der Waals surface area (Å²) in [6.07, 6.45) is 1.39. The van der Waals surface area contributed by atoms with Crippen LogP contribution in [0.25, 0.3) is 0 Å². The van der Waals surface area contributed by atoms with Crippen molar-refractivity contribution < 1.29 is 9.35 Å². The fraction of sp³-hybridized carbons (Fsp3) is 0.222. The van der Waals surface area contributed by atoms with E-state index in [1.54, 1.807) is 12.1 Å². The van der Waals surface area contributed by atoms with Gasteiger partial charge < -0.3 is 4.55 Å². The van der Waals surface area contributed by atoms with E-state index in [2.05, 4.69) is 0 Å². The molecule has 0 aliphatic rings. The Morgan fingerprint density at radius 1 is 1.33 bits per heavy atom. The predicted molar refractivity (Wildman–Crippen MR) is 49.6 cm³/mol. The van der Waals surface area contributed by atoms with Crippen molar-refractivity contribution in [1.82, 2.24) is 0 Å². The quantitative estimate of drug-likeness (QED) is 0.618. The highest BCUT2D eigenvalue weighted by molar-refractivity contribution is 8.06. The van der Waals surface area contributed by atoms with Gasteiger partial charge in [0.25, 0.3) is 0 Å². The monoisotopic (exact) mass is 182 g/mol. The van der Waals surface area contributed by atoms with Crippen molar-refractivity contribution in [2.75, 3.05) is 6.26 Å². The van der Waals surface area contributed by atoms with Gasteiger partial charge >= 0.3 is 5.12 Å². The van der Waals surface area contributed by atoms with E-state index in [9.17, 15) is 9.35 Å². The zero-order chi connectivity index (χ0) is 9.14. The lowest BCUT2D eigenvalue weighted by molar-refractivity contribution is 0.107. The number of carbonyl (C=O) groups excluding carboxylic acids is 1. The molecule has 1 rings (SSSR count). The van der Waals surface area contributed by atoms with Crippen LogP contribution in [0.4, 0.5) is 0 Å². The highest BCUT2D eigenvalue weighted by atomic mass is 32.2. The first-order valence-electron chi connectivity index (χ1n) is 3.55. The maximum Gasteiger partial charge on any atom is 0.359 e. The number of aryl methyl sites for hydroxylation is 1. The van der Waals surface area contributed by atoms with Crippen LogP contribution in [0, 0.1) is 6.92 Å². The molecule has 0 heterocycles. The second-order valence-electron chi connectivity index (χ2n) is 2.61. The molecule has 0 saturated heterocycles. The van der Waals surface area contributed by atoms with Crippen LogP contribution in [0.1, 0.15) is 15.9 Å². The van der Waals surface area contributed by atoms with E-state index in [1.807, 2.05) is 19.1 Å². The summed E-state index contributed by atoms with van der Waals surface area (Å²) in [6.45, 7) is 1.94.